The zero-order valence-electron chi connectivity index (χ0n) is 9.27. The molecule has 0 spiro atoms. The van der Waals surface area contributed by atoms with Crippen molar-refractivity contribution in [2.45, 2.75) is 0 Å². The lowest BCUT2D eigenvalue weighted by Crippen LogP contribution is -1.96. The van der Waals surface area contributed by atoms with Crippen LogP contribution >= 0.6 is 45.2 Å². The van der Waals surface area contributed by atoms with Gasteiger partial charge in [-0.3, -0.25) is 10.1 Å². The van der Waals surface area contributed by atoms with Crippen LogP contribution in [0.3, 0.4) is 0 Å². The fourth-order valence-corrected chi connectivity index (χ4v) is 2.18. The summed E-state index contributed by atoms with van der Waals surface area (Å²) in [6, 6.07) is 9.11. The molecule has 2 aromatic carbocycles. The van der Waals surface area contributed by atoms with E-state index in [0.717, 1.165) is 15.7 Å². The average Bonchev–Trinajstić information content (AvgIpc) is 2.36. The second-order valence-corrected chi connectivity index (χ2v) is 5.95. The maximum absolute atomic E-state index is 13.5. The number of nitro groups is 1. The Bertz CT molecular complexity index is 632. The molecule has 0 saturated heterocycles. The third-order valence-corrected chi connectivity index (χ3v) is 3.79. The molecule has 0 aliphatic carbocycles. The molecule has 19 heavy (non-hydrogen) atoms. The minimum absolute atomic E-state index is 0.107. The molecule has 0 unspecified atom stereocenters. The summed E-state index contributed by atoms with van der Waals surface area (Å²) in [6.45, 7) is 0. The van der Waals surface area contributed by atoms with E-state index < -0.39 is 10.7 Å². The van der Waals surface area contributed by atoms with E-state index in [-0.39, 0.29) is 15.0 Å². The van der Waals surface area contributed by atoms with Crippen LogP contribution in [0.5, 0.6) is 11.5 Å². The van der Waals surface area contributed by atoms with Gasteiger partial charge >= 0.3 is 5.69 Å². The fraction of sp³-hybridized carbons (Fsp3) is 0. The van der Waals surface area contributed by atoms with Crippen molar-refractivity contribution >= 4 is 50.9 Å². The molecular weight excluding hydrogens is 479 g/mol. The molecule has 0 aromatic heterocycles. The van der Waals surface area contributed by atoms with Crippen LogP contribution < -0.4 is 4.74 Å². The second-order valence-electron chi connectivity index (χ2n) is 3.55. The van der Waals surface area contributed by atoms with Crippen LogP contribution in [-0.2, 0) is 0 Å². The van der Waals surface area contributed by atoms with Crippen molar-refractivity contribution in [1.82, 2.24) is 0 Å². The van der Waals surface area contributed by atoms with Crippen LogP contribution in [-0.4, -0.2) is 4.92 Å². The highest BCUT2D eigenvalue weighted by atomic mass is 127. The van der Waals surface area contributed by atoms with E-state index >= 15 is 0 Å². The van der Waals surface area contributed by atoms with E-state index in [1.54, 1.807) is 46.9 Å². The summed E-state index contributed by atoms with van der Waals surface area (Å²) in [5, 5.41) is 10.9. The van der Waals surface area contributed by atoms with Crippen LogP contribution in [0.2, 0.25) is 0 Å². The van der Waals surface area contributed by atoms with E-state index in [9.17, 15) is 14.5 Å². The van der Waals surface area contributed by atoms with Gasteiger partial charge in [-0.1, -0.05) is 0 Å². The van der Waals surface area contributed by atoms with Gasteiger partial charge in [0.25, 0.3) is 0 Å². The summed E-state index contributed by atoms with van der Waals surface area (Å²) >= 11 is 3.83. The molecule has 0 aliphatic heterocycles. The summed E-state index contributed by atoms with van der Waals surface area (Å²) in [5.41, 5.74) is -0.260. The molecule has 0 fully saturated rings. The number of ether oxygens (including phenoxy) is 1. The standard InChI is InChI=1S/C12H6FI2NO3/c13-9-5-12(11(16(17)18)6-10(9)15)19-8-3-1-7(14)2-4-8/h1-6H. The lowest BCUT2D eigenvalue weighted by atomic mass is 10.3. The number of halogens is 3. The normalized spacial score (nSPS) is 10.3. The van der Waals surface area contributed by atoms with Gasteiger partial charge in [0.2, 0.25) is 5.75 Å². The van der Waals surface area contributed by atoms with Crippen LogP contribution in [0.15, 0.2) is 36.4 Å². The minimum Gasteiger partial charge on any atom is -0.450 e. The Morgan fingerprint density at radius 2 is 1.79 bits per heavy atom. The average molecular weight is 485 g/mol. The van der Waals surface area contributed by atoms with Gasteiger partial charge in [-0.15, -0.1) is 0 Å². The summed E-state index contributed by atoms with van der Waals surface area (Å²) in [4.78, 5) is 10.3. The molecule has 0 bridgehead atoms. The summed E-state index contributed by atoms with van der Waals surface area (Å²) in [6.07, 6.45) is 0. The number of rotatable bonds is 3. The van der Waals surface area contributed by atoms with Crippen molar-refractivity contribution < 1.29 is 14.1 Å². The fourth-order valence-electron chi connectivity index (χ4n) is 1.37. The second kappa shape index (κ2) is 5.99. The summed E-state index contributed by atoms with van der Waals surface area (Å²) < 4.78 is 20.0. The first kappa shape index (κ1) is 14.4. The van der Waals surface area contributed by atoms with Gasteiger partial charge in [0, 0.05) is 15.7 Å². The van der Waals surface area contributed by atoms with Gasteiger partial charge in [0.1, 0.15) is 11.6 Å². The molecule has 98 valence electrons. The van der Waals surface area contributed by atoms with E-state index in [2.05, 4.69) is 22.6 Å². The molecule has 0 N–H and O–H groups in total. The van der Waals surface area contributed by atoms with Gasteiger partial charge in [-0.05, 0) is 69.4 Å². The highest BCUT2D eigenvalue weighted by Gasteiger charge is 2.19. The van der Waals surface area contributed by atoms with E-state index in [1.165, 1.54) is 0 Å². The Morgan fingerprint density at radius 3 is 2.37 bits per heavy atom. The molecule has 2 aromatic rings. The third-order valence-electron chi connectivity index (χ3n) is 2.24. The first-order chi connectivity index (χ1) is 8.97. The lowest BCUT2D eigenvalue weighted by molar-refractivity contribution is -0.385. The number of hydrogen-bond donors (Lipinski definition) is 0. The molecule has 0 heterocycles. The van der Waals surface area contributed by atoms with Crippen molar-refractivity contribution in [3.8, 4) is 11.5 Å². The SMILES string of the molecule is O=[N+]([O-])c1cc(I)c(F)cc1Oc1ccc(I)cc1. The maximum Gasteiger partial charge on any atom is 0.312 e. The molecule has 0 atom stereocenters. The van der Waals surface area contributed by atoms with Crippen molar-refractivity contribution in [1.29, 1.82) is 0 Å². The zero-order chi connectivity index (χ0) is 14.0. The molecular formula is C12H6FI2NO3. The summed E-state index contributed by atoms with van der Waals surface area (Å²) in [5.74, 6) is -0.236. The Labute approximate surface area is 135 Å². The van der Waals surface area contributed by atoms with Crippen LogP contribution in [0, 0.1) is 23.1 Å². The Hall–Kier alpha value is -0.970. The first-order valence-electron chi connectivity index (χ1n) is 5.04. The van der Waals surface area contributed by atoms with E-state index in [0.29, 0.717) is 5.75 Å². The molecule has 0 amide bonds. The van der Waals surface area contributed by atoms with Crippen molar-refractivity contribution in [2.24, 2.45) is 0 Å². The van der Waals surface area contributed by atoms with Gasteiger partial charge in [0.15, 0.2) is 0 Å². The van der Waals surface area contributed by atoms with Crippen LogP contribution in [0.25, 0.3) is 0 Å². The van der Waals surface area contributed by atoms with E-state index in [4.69, 9.17) is 4.74 Å². The maximum atomic E-state index is 13.5. The van der Waals surface area contributed by atoms with Crippen molar-refractivity contribution in [3.05, 3.63) is 59.5 Å². The number of benzene rings is 2. The third kappa shape index (κ3) is 3.53. The molecule has 4 nitrogen and oxygen atoms in total. The van der Waals surface area contributed by atoms with Gasteiger partial charge < -0.3 is 4.74 Å². The Kier molecular flexibility index (Phi) is 4.55. The van der Waals surface area contributed by atoms with Crippen LogP contribution in [0.1, 0.15) is 0 Å². The Balaban J connectivity index is 2.41. The van der Waals surface area contributed by atoms with Crippen LogP contribution in [0.4, 0.5) is 10.1 Å². The highest BCUT2D eigenvalue weighted by Crippen LogP contribution is 2.34. The predicted octanol–water partition coefficient (Wildman–Crippen LogP) is 4.74. The van der Waals surface area contributed by atoms with E-state index in [1.807, 2.05) is 0 Å². The largest absolute Gasteiger partial charge is 0.450 e. The summed E-state index contributed by atoms with van der Waals surface area (Å²) in [7, 11) is 0. The highest BCUT2D eigenvalue weighted by molar-refractivity contribution is 14.1. The Morgan fingerprint density at radius 1 is 1.16 bits per heavy atom. The van der Waals surface area contributed by atoms with Crippen molar-refractivity contribution in [2.75, 3.05) is 0 Å². The topological polar surface area (TPSA) is 52.4 Å². The van der Waals surface area contributed by atoms with Gasteiger partial charge in [-0.2, -0.15) is 0 Å². The monoisotopic (exact) mass is 485 g/mol. The zero-order valence-corrected chi connectivity index (χ0v) is 13.6. The van der Waals surface area contributed by atoms with Gasteiger partial charge in [0.05, 0.1) is 8.49 Å². The molecule has 0 radical (unpaired) electrons. The number of nitrogens with zero attached hydrogens (tertiary/aromatic N) is 1. The van der Waals surface area contributed by atoms with Gasteiger partial charge in [-0.25, -0.2) is 4.39 Å². The quantitative estimate of drug-likeness (QED) is 0.359. The molecule has 2 rings (SSSR count). The predicted molar refractivity (Wildman–Crippen MR) is 85.0 cm³/mol. The first-order valence-corrected chi connectivity index (χ1v) is 7.20. The molecule has 0 saturated carbocycles. The number of hydrogen-bond acceptors (Lipinski definition) is 3. The minimum atomic E-state index is -0.594. The molecule has 0 aliphatic rings. The lowest BCUT2D eigenvalue weighted by Gasteiger charge is -2.07. The van der Waals surface area contributed by atoms with Crippen molar-refractivity contribution in [3.63, 3.8) is 0 Å². The smallest absolute Gasteiger partial charge is 0.312 e. The molecule has 7 heteroatoms. The number of nitro benzene ring substituents is 1.